The lowest BCUT2D eigenvalue weighted by atomic mass is 9.93. The normalized spacial score (nSPS) is 15.0. The summed E-state index contributed by atoms with van der Waals surface area (Å²) in [6.45, 7) is 6.72. The largest absolute Gasteiger partial charge is 0.497 e. The number of ether oxygens (including phenoxy) is 2. The first-order chi connectivity index (χ1) is 19.8. The second kappa shape index (κ2) is 11.9. The summed E-state index contributed by atoms with van der Waals surface area (Å²) in [5.41, 5.74) is 2.27. The maximum atomic E-state index is 14.1. The van der Waals surface area contributed by atoms with Gasteiger partial charge in [0.05, 0.1) is 30.0 Å². The van der Waals surface area contributed by atoms with Gasteiger partial charge < -0.3 is 18.8 Å². The number of amides is 1. The summed E-state index contributed by atoms with van der Waals surface area (Å²) < 4.78 is 20.3. The van der Waals surface area contributed by atoms with Crippen molar-refractivity contribution in [2.45, 2.75) is 26.8 Å². The summed E-state index contributed by atoms with van der Waals surface area (Å²) in [4.78, 5) is 34.9. The molecule has 41 heavy (non-hydrogen) atoms. The number of carbonyl (C=O) groups excluding carboxylic acids is 1. The molecule has 5 rings (SSSR count). The lowest BCUT2D eigenvalue weighted by molar-refractivity contribution is -0.127. The number of furan rings is 1. The second-order valence-electron chi connectivity index (χ2n) is 9.38. The smallest absolute Gasteiger partial charge is 0.271 e. The fraction of sp³-hybridized carbons (Fsp3) is 0.258. The summed E-state index contributed by atoms with van der Waals surface area (Å²) in [5, 5.41) is 0. The predicted molar refractivity (Wildman–Crippen MR) is 163 cm³/mol. The van der Waals surface area contributed by atoms with Gasteiger partial charge in [-0.05, 0) is 63.2 Å². The van der Waals surface area contributed by atoms with Crippen LogP contribution < -0.4 is 24.4 Å². The molecular formula is C31H30BrN3O5S. The van der Waals surface area contributed by atoms with Crippen LogP contribution in [0.3, 0.4) is 0 Å². The van der Waals surface area contributed by atoms with Gasteiger partial charge in [0.15, 0.2) is 4.80 Å². The zero-order valence-electron chi connectivity index (χ0n) is 23.4. The topological polar surface area (TPSA) is 86.3 Å². The van der Waals surface area contributed by atoms with E-state index in [9.17, 15) is 9.59 Å². The van der Waals surface area contributed by atoms with Crippen molar-refractivity contribution in [1.29, 1.82) is 0 Å². The maximum Gasteiger partial charge on any atom is 0.271 e. The number of likely N-dealkylation sites (N-methyl/N-ethyl adjacent to an activating group) is 1. The van der Waals surface area contributed by atoms with E-state index in [0.29, 0.717) is 62.3 Å². The standard InChI is InChI=1S/C31H30BrN3O5S/c1-6-34(7-2)30(37)27-18(3)33-31-35(28(27)23-16-21(38-4)12-15-25(23)39-5)29(36)26(41-31)17-22-13-14-24(40-22)19-8-10-20(32)11-9-19/h8-17,28H,6-7H2,1-5H3/b26-17+/t28-/m1/s1. The average molecular weight is 637 g/mol. The van der Waals surface area contributed by atoms with Crippen LogP contribution in [0.2, 0.25) is 0 Å². The van der Waals surface area contributed by atoms with Crippen molar-refractivity contribution in [1.82, 2.24) is 9.47 Å². The third kappa shape index (κ3) is 5.41. The van der Waals surface area contributed by atoms with E-state index in [-0.39, 0.29) is 11.5 Å². The predicted octanol–water partition coefficient (Wildman–Crippen LogP) is 5.14. The lowest BCUT2D eigenvalue weighted by Gasteiger charge is -2.30. The van der Waals surface area contributed by atoms with Crippen LogP contribution in [0.15, 0.2) is 84.5 Å². The summed E-state index contributed by atoms with van der Waals surface area (Å²) in [6.07, 6.45) is 1.72. The molecule has 0 spiro atoms. The SMILES string of the molecule is CCN(CC)C(=O)C1=C(C)N=c2s/c(=C/c3ccc(-c4ccc(Br)cc4)o3)c(=O)n2[C@@H]1c1cc(OC)ccc1OC. The van der Waals surface area contributed by atoms with E-state index < -0.39 is 6.04 Å². The molecule has 4 aromatic rings. The molecule has 0 aliphatic carbocycles. The van der Waals surface area contributed by atoms with Gasteiger partial charge in [0.25, 0.3) is 11.5 Å². The van der Waals surface area contributed by atoms with Gasteiger partial charge in [0, 0.05) is 34.8 Å². The summed E-state index contributed by atoms with van der Waals surface area (Å²) in [7, 11) is 3.14. The van der Waals surface area contributed by atoms with Gasteiger partial charge in [0.2, 0.25) is 0 Å². The van der Waals surface area contributed by atoms with Crippen molar-refractivity contribution in [3.8, 4) is 22.8 Å². The Hall–Kier alpha value is -3.89. The Labute approximate surface area is 250 Å². The van der Waals surface area contributed by atoms with Crippen molar-refractivity contribution in [2.24, 2.45) is 4.99 Å². The van der Waals surface area contributed by atoms with Gasteiger partial charge in [-0.3, -0.25) is 14.2 Å². The Balaban J connectivity index is 1.70. The highest BCUT2D eigenvalue weighted by Gasteiger charge is 2.36. The molecule has 1 aliphatic rings. The number of carbonyl (C=O) groups is 1. The molecule has 0 fully saturated rings. The third-order valence-electron chi connectivity index (χ3n) is 7.06. The molecule has 0 radical (unpaired) electrons. The number of thiazole rings is 1. The Morgan fingerprint density at radius 2 is 1.83 bits per heavy atom. The van der Waals surface area contributed by atoms with Gasteiger partial charge in [0.1, 0.15) is 29.1 Å². The molecule has 0 bridgehead atoms. The minimum Gasteiger partial charge on any atom is -0.497 e. The molecule has 2 aromatic carbocycles. The molecular weight excluding hydrogens is 606 g/mol. The first-order valence-electron chi connectivity index (χ1n) is 13.2. The molecule has 1 amide bonds. The fourth-order valence-electron chi connectivity index (χ4n) is 4.95. The van der Waals surface area contributed by atoms with Crippen LogP contribution in [0, 0.1) is 0 Å². The zero-order valence-corrected chi connectivity index (χ0v) is 25.8. The van der Waals surface area contributed by atoms with Crippen LogP contribution >= 0.6 is 27.3 Å². The number of methoxy groups -OCH3 is 2. The monoisotopic (exact) mass is 635 g/mol. The van der Waals surface area contributed by atoms with E-state index >= 15 is 0 Å². The van der Waals surface area contributed by atoms with E-state index in [0.717, 1.165) is 10.0 Å². The molecule has 2 aromatic heterocycles. The van der Waals surface area contributed by atoms with Crippen molar-refractivity contribution in [3.63, 3.8) is 0 Å². The summed E-state index contributed by atoms with van der Waals surface area (Å²) in [5.74, 6) is 2.18. The summed E-state index contributed by atoms with van der Waals surface area (Å²) in [6, 6.07) is 16.1. The van der Waals surface area contributed by atoms with E-state index in [1.54, 1.807) is 41.9 Å². The molecule has 8 nitrogen and oxygen atoms in total. The highest BCUT2D eigenvalue weighted by molar-refractivity contribution is 9.10. The van der Waals surface area contributed by atoms with E-state index in [2.05, 4.69) is 15.9 Å². The highest BCUT2D eigenvalue weighted by Crippen LogP contribution is 2.38. The minimum atomic E-state index is -0.763. The van der Waals surface area contributed by atoms with Gasteiger partial charge in [-0.15, -0.1) is 0 Å². The van der Waals surface area contributed by atoms with Crippen molar-refractivity contribution in [3.05, 3.63) is 101 Å². The molecule has 1 aliphatic heterocycles. The lowest BCUT2D eigenvalue weighted by Crippen LogP contribution is -2.43. The average Bonchev–Trinajstić information content (AvgIpc) is 3.57. The highest BCUT2D eigenvalue weighted by atomic mass is 79.9. The Kier molecular flexibility index (Phi) is 8.32. The number of allylic oxidation sites excluding steroid dienone is 1. The Bertz CT molecular complexity index is 1810. The number of halogens is 1. The molecule has 212 valence electrons. The van der Waals surface area contributed by atoms with E-state index in [1.807, 2.05) is 63.2 Å². The number of hydrogen-bond acceptors (Lipinski definition) is 7. The first-order valence-corrected chi connectivity index (χ1v) is 14.8. The van der Waals surface area contributed by atoms with Crippen LogP contribution in [0.5, 0.6) is 11.5 Å². The van der Waals surface area contributed by atoms with Crippen LogP contribution in [0.4, 0.5) is 0 Å². The number of hydrogen-bond donors (Lipinski definition) is 0. The van der Waals surface area contributed by atoms with Crippen LogP contribution in [-0.2, 0) is 4.79 Å². The van der Waals surface area contributed by atoms with Gasteiger partial charge >= 0.3 is 0 Å². The van der Waals surface area contributed by atoms with Crippen LogP contribution in [0.1, 0.15) is 38.1 Å². The zero-order chi connectivity index (χ0) is 29.3. The van der Waals surface area contributed by atoms with Crippen LogP contribution in [0.25, 0.3) is 17.4 Å². The van der Waals surface area contributed by atoms with Gasteiger partial charge in [-0.1, -0.05) is 39.4 Å². The van der Waals surface area contributed by atoms with Crippen molar-refractivity contribution in [2.75, 3.05) is 27.3 Å². The Morgan fingerprint density at radius 3 is 2.49 bits per heavy atom. The number of rotatable bonds is 8. The number of nitrogens with zero attached hydrogens (tertiary/aromatic N) is 3. The molecule has 1 atom stereocenters. The quantitative estimate of drug-likeness (QED) is 0.267. The number of fused-ring (bicyclic) bond motifs is 1. The van der Waals surface area contributed by atoms with Crippen molar-refractivity contribution >= 4 is 39.2 Å². The van der Waals surface area contributed by atoms with Crippen LogP contribution in [-0.4, -0.2) is 42.7 Å². The van der Waals surface area contributed by atoms with E-state index in [1.165, 1.54) is 11.3 Å². The van der Waals surface area contributed by atoms with E-state index in [4.69, 9.17) is 18.9 Å². The first kappa shape index (κ1) is 28.6. The second-order valence-corrected chi connectivity index (χ2v) is 11.3. The van der Waals surface area contributed by atoms with Crippen molar-refractivity contribution < 1.29 is 18.7 Å². The Morgan fingerprint density at radius 1 is 1.10 bits per heavy atom. The number of aromatic nitrogens is 1. The number of benzene rings is 2. The summed E-state index contributed by atoms with van der Waals surface area (Å²) >= 11 is 4.71. The molecule has 10 heteroatoms. The molecule has 3 heterocycles. The third-order valence-corrected chi connectivity index (χ3v) is 8.57. The molecule has 0 saturated carbocycles. The minimum absolute atomic E-state index is 0.175. The van der Waals surface area contributed by atoms with Gasteiger partial charge in [-0.25, -0.2) is 4.99 Å². The van der Waals surface area contributed by atoms with Gasteiger partial charge in [-0.2, -0.15) is 0 Å². The fourth-order valence-corrected chi connectivity index (χ4v) is 6.24. The molecule has 0 unspecified atom stereocenters. The maximum absolute atomic E-state index is 14.1. The molecule has 0 N–H and O–H groups in total. The molecule has 0 saturated heterocycles.